The van der Waals surface area contributed by atoms with Gasteiger partial charge in [-0.15, -0.1) is 0 Å². The molecule has 0 radical (unpaired) electrons. The van der Waals surface area contributed by atoms with Crippen LogP contribution in [0.15, 0.2) is 34.2 Å². The van der Waals surface area contributed by atoms with Crippen LogP contribution in [0.3, 0.4) is 0 Å². The van der Waals surface area contributed by atoms with Gasteiger partial charge in [-0.2, -0.15) is 4.99 Å². The SMILES string of the molecule is CC(=O)N1CC(=O)N=C1SCC(=O)Nc1ccc(S(N)(=O)=O)cc1. The number of thioether (sulfide) groups is 1. The third-order valence-corrected chi connectivity index (χ3v) is 4.83. The van der Waals surface area contributed by atoms with Crippen molar-refractivity contribution in [3.63, 3.8) is 0 Å². The van der Waals surface area contributed by atoms with E-state index in [9.17, 15) is 22.8 Å². The number of aliphatic imine (C=N–C) groups is 1. The highest BCUT2D eigenvalue weighted by molar-refractivity contribution is 8.14. The van der Waals surface area contributed by atoms with Gasteiger partial charge in [0.1, 0.15) is 6.54 Å². The van der Waals surface area contributed by atoms with Crippen molar-refractivity contribution in [2.45, 2.75) is 11.8 Å². The number of nitrogens with zero attached hydrogens (tertiary/aromatic N) is 2. The largest absolute Gasteiger partial charge is 0.325 e. The monoisotopic (exact) mass is 370 g/mol. The molecular formula is C13H14N4O5S2. The number of primary sulfonamides is 1. The molecular weight excluding hydrogens is 356 g/mol. The van der Waals surface area contributed by atoms with Crippen LogP contribution in [0.1, 0.15) is 6.92 Å². The van der Waals surface area contributed by atoms with Gasteiger partial charge in [0.2, 0.25) is 21.8 Å². The Morgan fingerprint density at radius 3 is 2.50 bits per heavy atom. The molecule has 0 aliphatic carbocycles. The zero-order chi connectivity index (χ0) is 17.9. The molecule has 0 bridgehead atoms. The molecule has 0 saturated heterocycles. The van der Waals surface area contributed by atoms with E-state index in [0.717, 1.165) is 11.8 Å². The molecule has 2 rings (SSSR count). The highest BCUT2D eigenvalue weighted by atomic mass is 32.2. The Morgan fingerprint density at radius 1 is 1.33 bits per heavy atom. The molecule has 0 fully saturated rings. The van der Waals surface area contributed by atoms with Crippen LogP contribution in [0.25, 0.3) is 0 Å². The Hall–Kier alpha value is -2.24. The first-order valence-corrected chi connectivity index (χ1v) is 9.15. The molecule has 0 unspecified atom stereocenters. The normalized spacial score (nSPS) is 14.5. The summed E-state index contributed by atoms with van der Waals surface area (Å²) >= 11 is 0.965. The minimum absolute atomic E-state index is 0.0627. The number of carbonyl (C=O) groups excluding carboxylic acids is 3. The number of sulfonamides is 1. The fourth-order valence-corrected chi connectivity index (χ4v) is 3.18. The molecule has 128 valence electrons. The maximum atomic E-state index is 11.9. The van der Waals surface area contributed by atoms with E-state index in [1.54, 1.807) is 0 Å². The van der Waals surface area contributed by atoms with Crippen molar-refractivity contribution in [3.8, 4) is 0 Å². The van der Waals surface area contributed by atoms with Gasteiger partial charge in [0.05, 0.1) is 10.6 Å². The van der Waals surface area contributed by atoms with Crippen molar-refractivity contribution in [3.05, 3.63) is 24.3 Å². The lowest BCUT2D eigenvalue weighted by Gasteiger charge is -2.14. The van der Waals surface area contributed by atoms with Gasteiger partial charge in [-0.05, 0) is 24.3 Å². The lowest BCUT2D eigenvalue weighted by Crippen LogP contribution is -2.32. The van der Waals surface area contributed by atoms with Gasteiger partial charge in [-0.25, -0.2) is 13.6 Å². The number of hydrogen-bond donors (Lipinski definition) is 2. The number of benzene rings is 1. The van der Waals surface area contributed by atoms with E-state index in [2.05, 4.69) is 10.3 Å². The van der Waals surface area contributed by atoms with E-state index in [0.29, 0.717) is 5.69 Å². The Bertz CT molecular complexity index is 817. The second-order valence-corrected chi connectivity index (χ2v) is 7.30. The van der Waals surface area contributed by atoms with Crippen molar-refractivity contribution in [2.24, 2.45) is 10.1 Å². The predicted molar refractivity (Wildman–Crippen MR) is 88.7 cm³/mol. The van der Waals surface area contributed by atoms with Crippen LogP contribution in [-0.4, -0.2) is 48.5 Å². The number of hydrogen-bond acceptors (Lipinski definition) is 6. The molecule has 3 amide bonds. The molecule has 0 saturated carbocycles. The van der Waals surface area contributed by atoms with Crippen molar-refractivity contribution in [1.82, 2.24) is 4.90 Å². The minimum atomic E-state index is -3.79. The standard InChI is InChI=1S/C13H14N4O5S2/c1-8(18)17-6-11(19)16-13(17)23-7-12(20)15-9-2-4-10(5-3-9)24(14,21)22/h2-5H,6-7H2,1H3,(H,15,20)(H2,14,21,22). The van der Waals surface area contributed by atoms with E-state index in [-0.39, 0.29) is 28.3 Å². The third kappa shape index (κ3) is 4.63. The molecule has 24 heavy (non-hydrogen) atoms. The van der Waals surface area contributed by atoms with Crippen LogP contribution < -0.4 is 10.5 Å². The van der Waals surface area contributed by atoms with Crippen molar-refractivity contribution >= 4 is 50.4 Å². The first-order valence-electron chi connectivity index (χ1n) is 6.62. The van der Waals surface area contributed by atoms with Crippen LogP contribution in [0, 0.1) is 0 Å². The van der Waals surface area contributed by atoms with Gasteiger partial charge in [0.25, 0.3) is 5.91 Å². The van der Waals surface area contributed by atoms with Gasteiger partial charge in [0, 0.05) is 12.6 Å². The molecule has 0 spiro atoms. The number of carbonyl (C=O) groups is 3. The number of rotatable bonds is 4. The average molecular weight is 370 g/mol. The molecule has 3 N–H and O–H groups in total. The lowest BCUT2D eigenvalue weighted by atomic mass is 10.3. The zero-order valence-corrected chi connectivity index (χ0v) is 14.2. The zero-order valence-electron chi connectivity index (χ0n) is 12.6. The minimum Gasteiger partial charge on any atom is -0.325 e. The maximum Gasteiger partial charge on any atom is 0.268 e. The fourth-order valence-electron chi connectivity index (χ4n) is 1.82. The van der Waals surface area contributed by atoms with Gasteiger partial charge in [-0.1, -0.05) is 11.8 Å². The molecule has 1 aromatic carbocycles. The van der Waals surface area contributed by atoms with Crippen LogP contribution in [-0.2, 0) is 24.4 Å². The summed E-state index contributed by atoms with van der Waals surface area (Å²) in [5.74, 6) is -1.22. The summed E-state index contributed by atoms with van der Waals surface area (Å²) in [6, 6.07) is 5.35. The first-order chi connectivity index (χ1) is 11.2. The van der Waals surface area contributed by atoms with Crippen LogP contribution in [0.4, 0.5) is 5.69 Å². The third-order valence-electron chi connectivity index (χ3n) is 2.92. The number of nitrogens with one attached hydrogen (secondary N) is 1. The molecule has 1 heterocycles. The molecule has 1 aliphatic rings. The van der Waals surface area contributed by atoms with E-state index in [4.69, 9.17) is 5.14 Å². The van der Waals surface area contributed by atoms with Crippen molar-refractivity contribution in [2.75, 3.05) is 17.6 Å². The van der Waals surface area contributed by atoms with Gasteiger partial charge in [-0.3, -0.25) is 19.3 Å². The molecule has 11 heteroatoms. The summed E-state index contributed by atoms with van der Waals surface area (Å²) in [6.45, 7) is 1.19. The molecule has 1 aliphatic heterocycles. The molecule has 0 aromatic heterocycles. The average Bonchev–Trinajstić information content (AvgIpc) is 2.86. The summed E-state index contributed by atoms with van der Waals surface area (Å²) in [5, 5.41) is 7.73. The Balaban J connectivity index is 1.93. The van der Waals surface area contributed by atoms with Crippen molar-refractivity contribution < 1.29 is 22.8 Å². The van der Waals surface area contributed by atoms with Crippen LogP contribution >= 0.6 is 11.8 Å². The number of amides is 3. The van der Waals surface area contributed by atoms with Crippen LogP contribution in [0.2, 0.25) is 0 Å². The van der Waals surface area contributed by atoms with E-state index in [1.807, 2.05) is 0 Å². The number of anilines is 1. The second-order valence-electron chi connectivity index (χ2n) is 4.80. The molecule has 1 aromatic rings. The molecule has 9 nitrogen and oxygen atoms in total. The summed E-state index contributed by atoms with van der Waals surface area (Å²) in [7, 11) is -3.79. The first kappa shape index (κ1) is 18.1. The summed E-state index contributed by atoms with van der Waals surface area (Å²) in [4.78, 5) is 39.3. The summed E-state index contributed by atoms with van der Waals surface area (Å²) in [6.07, 6.45) is 0. The fraction of sp³-hybridized carbons (Fsp3) is 0.231. The quantitative estimate of drug-likeness (QED) is 0.749. The topological polar surface area (TPSA) is 139 Å². The Labute approximate surface area is 142 Å². The predicted octanol–water partition coefficient (Wildman–Crippen LogP) is -0.250. The molecule has 0 atom stereocenters. The highest BCUT2D eigenvalue weighted by Gasteiger charge is 2.27. The van der Waals surface area contributed by atoms with Crippen LogP contribution in [0.5, 0.6) is 0 Å². The summed E-state index contributed by atoms with van der Waals surface area (Å²) in [5.41, 5.74) is 0.390. The van der Waals surface area contributed by atoms with Gasteiger partial charge >= 0.3 is 0 Å². The van der Waals surface area contributed by atoms with Gasteiger partial charge < -0.3 is 5.32 Å². The maximum absolute atomic E-state index is 11.9. The summed E-state index contributed by atoms with van der Waals surface area (Å²) < 4.78 is 22.3. The highest BCUT2D eigenvalue weighted by Crippen LogP contribution is 2.17. The Kier molecular flexibility index (Phi) is 5.36. The van der Waals surface area contributed by atoms with E-state index >= 15 is 0 Å². The lowest BCUT2D eigenvalue weighted by molar-refractivity contribution is -0.127. The smallest absolute Gasteiger partial charge is 0.268 e. The van der Waals surface area contributed by atoms with E-state index < -0.39 is 21.8 Å². The second kappa shape index (κ2) is 7.11. The van der Waals surface area contributed by atoms with Crippen molar-refractivity contribution in [1.29, 1.82) is 0 Å². The van der Waals surface area contributed by atoms with E-state index in [1.165, 1.54) is 36.1 Å². The van der Waals surface area contributed by atoms with Gasteiger partial charge in [0.15, 0.2) is 5.17 Å². The number of nitrogens with two attached hydrogens (primary N) is 1. The number of amidine groups is 1. The Morgan fingerprint density at radius 2 is 1.96 bits per heavy atom.